The molecule has 26 heavy (non-hydrogen) atoms. The van der Waals surface area contributed by atoms with Crippen LogP contribution in [-0.2, 0) is 9.53 Å². The van der Waals surface area contributed by atoms with Gasteiger partial charge in [0.1, 0.15) is 24.2 Å². The number of hydrogen-bond acceptors (Lipinski definition) is 6. The van der Waals surface area contributed by atoms with Crippen LogP contribution in [-0.4, -0.2) is 33.9 Å². The molecule has 0 bridgehead atoms. The number of nitrogens with one attached hydrogen (secondary N) is 1. The third-order valence-corrected chi connectivity index (χ3v) is 5.02. The smallest absolute Gasteiger partial charge is 0.338 e. The van der Waals surface area contributed by atoms with E-state index in [0.717, 1.165) is 36.9 Å². The molecule has 1 unspecified atom stereocenters. The molecule has 1 aromatic carbocycles. The Hall–Kier alpha value is -2.83. The Morgan fingerprint density at radius 2 is 2.04 bits per heavy atom. The minimum Gasteiger partial charge on any atom is -0.496 e. The van der Waals surface area contributed by atoms with E-state index in [1.807, 2.05) is 31.2 Å². The van der Waals surface area contributed by atoms with Crippen LogP contribution >= 0.6 is 0 Å². The summed E-state index contributed by atoms with van der Waals surface area (Å²) in [5.41, 5.74) is 2.12. The van der Waals surface area contributed by atoms with Crippen LogP contribution in [0.3, 0.4) is 0 Å². The fourth-order valence-electron chi connectivity index (χ4n) is 3.76. The highest BCUT2D eigenvalue weighted by molar-refractivity contribution is 5.92. The van der Waals surface area contributed by atoms with E-state index in [2.05, 4.69) is 15.4 Å². The van der Waals surface area contributed by atoms with Crippen molar-refractivity contribution in [3.8, 4) is 5.75 Å². The first-order chi connectivity index (χ1) is 12.7. The van der Waals surface area contributed by atoms with Gasteiger partial charge in [-0.1, -0.05) is 18.2 Å². The van der Waals surface area contributed by atoms with Crippen molar-refractivity contribution < 1.29 is 14.3 Å². The van der Waals surface area contributed by atoms with Crippen molar-refractivity contribution in [3.05, 3.63) is 47.4 Å². The fraction of sp³-hybridized carbons (Fsp3) is 0.421. The zero-order valence-corrected chi connectivity index (χ0v) is 14.9. The number of methoxy groups -OCH3 is 1. The normalized spacial score (nSPS) is 19.8. The zero-order valence-electron chi connectivity index (χ0n) is 14.9. The van der Waals surface area contributed by atoms with E-state index >= 15 is 0 Å². The number of nitrogens with zero attached hydrogens (tertiary/aromatic N) is 3. The first kappa shape index (κ1) is 16.6. The van der Waals surface area contributed by atoms with Crippen molar-refractivity contribution >= 4 is 11.9 Å². The second kappa shape index (κ2) is 6.82. The van der Waals surface area contributed by atoms with Gasteiger partial charge >= 0.3 is 5.97 Å². The predicted octanol–water partition coefficient (Wildman–Crippen LogP) is 3.06. The highest BCUT2D eigenvalue weighted by Gasteiger charge is 2.37. The molecular weight excluding hydrogens is 332 g/mol. The van der Waals surface area contributed by atoms with E-state index in [4.69, 9.17) is 9.47 Å². The number of carbonyl (C=O) groups excluding carboxylic acids is 1. The zero-order chi connectivity index (χ0) is 18.1. The summed E-state index contributed by atoms with van der Waals surface area (Å²) < 4.78 is 13.0. The van der Waals surface area contributed by atoms with Crippen LogP contribution in [0.1, 0.15) is 44.2 Å². The maximum absolute atomic E-state index is 13.1. The number of allylic oxidation sites excluding steroid dienone is 1. The number of anilines is 1. The largest absolute Gasteiger partial charge is 0.496 e. The fourth-order valence-corrected chi connectivity index (χ4v) is 3.76. The number of carbonyl (C=O) groups is 1. The number of hydrogen-bond donors (Lipinski definition) is 1. The van der Waals surface area contributed by atoms with Gasteiger partial charge in [0, 0.05) is 11.3 Å². The maximum Gasteiger partial charge on any atom is 0.338 e. The first-order valence-corrected chi connectivity index (χ1v) is 8.90. The molecular formula is C19H22N4O3. The van der Waals surface area contributed by atoms with E-state index in [0.29, 0.717) is 17.3 Å². The standard InChI is InChI=1S/C19H22N4O3/c1-12-16(18(24)26-13-7-3-4-8-13)17(23-19(22-12)20-11-21-23)14-9-5-6-10-15(14)25-2/h5-6,9-11,13,17H,3-4,7-8H2,1-2H3,(H,20,21,22). The third kappa shape index (κ3) is 2.83. The van der Waals surface area contributed by atoms with Crippen LogP contribution in [0.5, 0.6) is 5.75 Å². The summed E-state index contributed by atoms with van der Waals surface area (Å²) in [6.45, 7) is 1.87. The second-order valence-electron chi connectivity index (χ2n) is 6.65. The summed E-state index contributed by atoms with van der Waals surface area (Å²) >= 11 is 0. The van der Waals surface area contributed by atoms with E-state index in [9.17, 15) is 4.79 Å². The van der Waals surface area contributed by atoms with Crippen LogP contribution in [0.15, 0.2) is 41.9 Å². The summed E-state index contributed by atoms with van der Waals surface area (Å²) in [6.07, 6.45) is 5.55. The third-order valence-electron chi connectivity index (χ3n) is 5.02. The average Bonchev–Trinajstić information content (AvgIpc) is 3.31. The molecule has 1 aliphatic carbocycles. The minimum atomic E-state index is -0.446. The lowest BCUT2D eigenvalue weighted by atomic mass is 9.95. The summed E-state index contributed by atoms with van der Waals surface area (Å²) in [5, 5.41) is 7.49. The van der Waals surface area contributed by atoms with Gasteiger partial charge in [0.05, 0.1) is 12.7 Å². The molecule has 1 saturated carbocycles. The molecule has 2 heterocycles. The summed E-state index contributed by atoms with van der Waals surface area (Å²) in [4.78, 5) is 17.3. The van der Waals surface area contributed by atoms with Crippen molar-refractivity contribution in [1.29, 1.82) is 0 Å². The molecule has 0 spiro atoms. The van der Waals surface area contributed by atoms with Gasteiger partial charge in [-0.2, -0.15) is 10.1 Å². The van der Waals surface area contributed by atoms with Gasteiger partial charge < -0.3 is 14.8 Å². The number of esters is 1. The van der Waals surface area contributed by atoms with Crippen LogP contribution in [0.25, 0.3) is 0 Å². The molecule has 7 heteroatoms. The average molecular weight is 354 g/mol. The van der Waals surface area contributed by atoms with Crippen molar-refractivity contribution in [2.45, 2.75) is 44.8 Å². The highest BCUT2D eigenvalue weighted by Crippen LogP contribution is 2.39. The molecule has 7 nitrogen and oxygen atoms in total. The van der Waals surface area contributed by atoms with Crippen LogP contribution < -0.4 is 10.1 Å². The van der Waals surface area contributed by atoms with E-state index in [-0.39, 0.29) is 12.1 Å². The quantitative estimate of drug-likeness (QED) is 0.850. The number of aromatic nitrogens is 3. The van der Waals surface area contributed by atoms with Gasteiger partial charge in [0.15, 0.2) is 0 Å². The lowest BCUT2D eigenvalue weighted by Gasteiger charge is -2.29. The van der Waals surface area contributed by atoms with Gasteiger partial charge in [-0.05, 0) is 38.7 Å². The van der Waals surface area contributed by atoms with Gasteiger partial charge in [-0.15, -0.1) is 0 Å². The SMILES string of the molecule is COc1ccccc1C1C(C(=O)OC2CCCC2)=C(C)Nc2ncnn21. The molecule has 1 fully saturated rings. The first-order valence-electron chi connectivity index (χ1n) is 8.90. The summed E-state index contributed by atoms with van der Waals surface area (Å²) in [7, 11) is 1.62. The Bertz CT molecular complexity index is 852. The highest BCUT2D eigenvalue weighted by atomic mass is 16.5. The number of ether oxygens (including phenoxy) is 2. The number of rotatable bonds is 4. The Labute approximate surface area is 152 Å². The molecule has 0 saturated heterocycles. The van der Waals surface area contributed by atoms with Crippen LogP contribution in [0.4, 0.5) is 5.95 Å². The van der Waals surface area contributed by atoms with Gasteiger partial charge in [-0.3, -0.25) is 0 Å². The minimum absolute atomic E-state index is 0.00161. The number of para-hydroxylation sites is 1. The monoisotopic (exact) mass is 354 g/mol. The molecule has 0 amide bonds. The lowest BCUT2D eigenvalue weighted by molar-refractivity contribution is -0.144. The Kier molecular flexibility index (Phi) is 4.36. The number of fused-ring (bicyclic) bond motifs is 1. The van der Waals surface area contributed by atoms with Crippen LogP contribution in [0.2, 0.25) is 0 Å². The van der Waals surface area contributed by atoms with Gasteiger partial charge in [0.2, 0.25) is 5.95 Å². The summed E-state index contributed by atoms with van der Waals surface area (Å²) in [5.74, 6) is 0.981. The van der Waals surface area contributed by atoms with Gasteiger partial charge in [-0.25, -0.2) is 9.48 Å². The molecule has 1 N–H and O–H groups in total. The van der Waals surface area contributed by atoms with Crippen molar-refractivity contribution in [1.82, 2.24) is 14.8 Å². The molecule has 1 atom stereocenters. The molecule has 0 radical (unpaired) electrons. The molecule has 1 aromatic heterocycles. The summed E-state index contributed by atoms with van der Waals surface area (Å²) in [6, 6.07) is 7.20. The van der Waals surface area contributed by atoms with Crippen molar-refractivity contribution in [3.63, 3.8) is 0 Å². The Morgan fingerprint density at radius 1 is 1.27 bits per heavy atom. The molecule has 136 valence electrons. The van der Waals surface area contributed by atoms with E-state index in [1.54, 1.807) is 11.8 Å². The van der Waals surface area contributed by atoms with E-state index in [1.165, 1.54) is 6.33 Å². The molecule has 4 rings (SSSR count). The Morgan fingerprint density at radius 3 is 2.81 bits per heavy atom. The topological polar surface area (TPSA) is 78.3 Å². The molecule has 2 aromatic rings. The maximum atomic E-state index is 13.1. The predicted molar refractivity (Wildman–Crippen MR) is 95.8 cm³/mol. The van der Waals surface area contributed by atoms with Gasteiger partial charge in [0.25, 0.3) is 0 Å². The molecule has 1 aliphatic heterocycles. The van der Waals surface area contributed by atoms with Crippen molar-refractivity contribution in [2.24, 2.45) is 0 Å². The second-order valence-corrected chi connectivity index (χ2v) is 6.65. The van der Waals surface area contributed by atoms with Crippen molar-refractivity contribution in [2.75, 3.05) is 12.4 Å². The molecule has 2 aliphatic rings. The number of benzene rings is 1. The van der Waals surface area contributed by atoms with Crippen LogP contribution in [0, 0.1) is 0 Å². The Balaban J connectivity index is 1.77. The van der Waals surface area contributed by atoms with E-state index < -0.39 is 6.04 Å². The lowest BCUT2D eigenvalue weighted by Crippen LogP contribution is -2.31.